The Labute approximate surface area is 116 Å². The lowest BCUT2D eigenvalue weighted by molar-refractivity contribution is 1.31. The first-order chi connectivity index (χ1) is 7.66. The van der Waals surface area contributed by atoms with Gasteiger partial charge in [-0.25, -0.2) is 0 Å². The molecule has 0 saturated heterocycles. The topological polar surface area (TPSA) is 50.9 Å². The molecule has 2 rings (SSSR count). The van der Waals surface area contributed by atoms with Gasteiger partial charge in [0.2, 0.25) is 0 Å². The largest absolute Gasteiger partial charge is 0.396 e. The highest BCUT2D eigenvalue weighted by Crippen LogP contribution is 2.30. The van der Waals surface area contributed by atoms with Crippen LogP contribution in [0.25, 0.3) is 0 Å². The van der Waals surface area contributed by atoms with E-state index >= 15 is 0 Å². The van der Waals surface area contributed by atoms with Crippen LogP contribution >= 0.6 is 38.5 Å². The summed E-state index contributed by atoms with van der Waals surface area (Å²) in [5.41, 5.74) is 8.32. The predicted molar refractivity (Wildman–Crippen MR) is 78.8 cm³/mol. The first-order valence-corrected chi connectivity index (χ1v) is 6.45. The smallest absolute Gasteiger partial charge is 0.0794 e. The number of anilines is 3. The maximum atomic E-state index is 5.85. The highest BCUT2D eigenvalue weighted by molar-refractivity contribution is 14.1. The van der Waals surface area contributed by atoms with Crippen molar-refractivity contribution in [3.63, 3.8) is 0 Å². The van der Waals surface area contributed by atoms with Crippen molar-refractivity contribution in [1.82, 2.24) is 4.98 Å². The Kier molecular flexibility index (Phi) is 3.65. The molecule has 2 aromatic rings. The number of nitrogens with two attached hydrogens (primary N) is 1. The van der Waals surface area contributed by atoms with Crippen molar-refractivity contribution in [3.05, 3.63) is 44.7 Å². The van der Waals surface area contributed by atoms with Gasteiger partial charge in [-0.05, 0) is 56.7 Å². The molecular formula is C11H9BrIN3. The third-order valence-corrected chi connectivity index (χ3v) is 3.30. The van der Waals surface area contributed by atoms with E-state index < -0.39 is 0 Å². The molecule has 0 amide bonds. The SMILES string of the molecule is Nc1cncc(Br)c1Nc1cccc(I)c1. The van der Waals surface area contributed by atoms with Crippen molar-refractivity contribution in [2.75, 3.05) is 11.1 Å². The molecule has 0 atom stereocenters. The third-order valence-electron chi connectivity index (χ3n) is 2.02. The molecule has 0 spiro atoms. The predicted octanol–water partition coefficient (Wildman–Crippen LogP) is 3.77. The molecule has 3 N–H and O–H groups in total. The van der Waals surface area contributed by atoms with E-state index in [2.05, 4.69) is 48.8 Å². The maximum Gasteiger partial charge on any atom is 0.0794 e. The second-order valence-corrected chi connectivity index (χ2v) is 5.32. The van der Waals surface area contributed by atoms with Crippen LogP contribution < -0.4 is 11.1 Å². The average Bonchev–Trinajstić information content (AvgIpc) is 2.24. The molecule has 0 aliphatic rings. The van der Waals surface area contributed by atoms with Crippen LogP contribution in [0.2, 0.25) is 0 Å². The van der Waals surface area contributed by atoms with E-state index in [0.717, 1.165) is 15.8 Å². The van der Waals surface area contributed by atoms with Gasteiger partial charge in [-0.15, -0.1) is 0 Å². The Morgan fingerprint density at radius 2 is 2.12 bits per heavy atom. The fraction of sp³-hybridized carbons (Fsp3) is 0. The van der Waals surface area contributed by atoms with E-state index in [4.69, 9.17) is 5.73 Å². The molecule has 3 nitrogen and oxygen atoms in total. The summed E-state index contributed by atoms with van der Waals surface area (Å²) in [6.07, 6.45) is 3.34. The number of halogens is 2. The lowest BCUT2D eigenvalue weighted by Gasteiger charge is -2.10. The second-order valence-electron chi connectivity index (χ2n) is 3.22. The number of hydrogen-bond acceptors (Lipinski definition) is 3. The lowest BCUT2D eigenvalue weighted by Crippen LogP contribution is -1.98. The van der Waals surface area contributed by atoms with Gasteiger partial charge in [-0.2, -0.15) is 0 Å². The second kappa shape index (κ2) is 5.01. The van der Waals surface area contributed by atoms with Crippen LogP contribution in [-0.4, -0.2) is 4.98 Å². The first-order valence-electron chi connectivity index (χ1n) is 4.58. The van der Waals surface area contributed by atoms with Crippen LogP contribution in [-0.2, 0) is 0 Å². The van der Waals surface area contributed by atoms with Crippen molar-refractivity contribution in [1.29, 1.82) is 0 Å². The van der Waals surface area contributed by atoms with Crippen LogP contribution in [0.1, 0.15) is 0 Å². The molecule has 1 heterocycles. The Bertz CT molecular complexity index is 496. The molecular weight excluding hydrogens is 381 g/mol. The van der Waals surface area contributed by atoms with Crippen molar-refractivity contribution >= 4 is 55.6 Å². The van der Waals surface area contributed by atoms with Gasteiger partial charge in [0.05, 0.1) is 22.0 Å². The number of pyridine rings is 1. The van der Waals surface area contributed by atoms with E-state index in [1.54, 1.807) is 12.4 Å². The number of nitrogens with one attached hydrogen (secondary N) is 1. The summed E-state index contributed by atoms with van der Waals surface area (Å²) < 4.78 is 2.03. The van der Waals surface area contributed by atoms with E-state index in [9.17, 15) is 0 Å². The van der Waals surface area contributed by atoms with Gasteiger partial charge in [0.1, 0.15) is 0 Å². The molecule has 0 aliphatic heterocycles. The van der Waals surface area contributed by atoms with Gasteiger partial charge in [0, 0.05) is 15.5 Å². The Balaban J connectivity index is 2.34. The molecule has 0 fully saturated rings. The average molecular weight is 390 g/mol. The molecule has 0 bridgehead atoms. The number of nitrogen functional groups attached to an aromatic ring is 1. The van der Waals surface area contributed by atoms with Crippen molar-refractivity contribution in [2.24, 2.45) is 0 Å². The third kappa shape index (κ3) is 2.65. The highest BCUT2D eigenvalue weighted by Gasteiger charge is 2.04. The summed E-state index contributed by atoms with van der Waals surface area (Å²) in [6, 6.07) is 8.08. The first kappa shape index (κ1) is 11.7. The molecule has 16 heavy (non-hydrogen) atoms. The van der Waals surface area contributed by atoms with Gasteiger partial charge in [-0.1, -0.05) is 6.07 Å². The highest BCUT2D eigenvalue weighted by atomic mass is 127. The molecule has 5 heteroatoms. The Hall–Kier alpha value is -0.820. The van der Waals surface area contributed by atoms with Crippen molar-refractivity contribution in [2.45, 2.75) is 0 Å². The molecule has 0 aliphatic carbocycles. The van der Waals surface area contributed by atoms with Crippen molar-refractivity contribution < 1.29 is 0 Å². The zero-order valence-electron chi connectivity index (χ0n) is 8.24. The summed E-state index contributed by atoms with van der Waals surface area (Å²) >= 11 is 5.69. The van der Waals surface area contributed by atoms with Crippen LogP contribution in [0.5, 0.6) is 0 Å². The Morgan fingerprint density at radius 1 is 1.31 bits per heavy atom. The molecule has 82 valence electrons. The van der Waals surface area contributed by atoms with E-state index in [1.807, 2.05) is 24.3 Å². The standard InChI is InChI=1S/C11H9BrIN3/c12-9-5-15-6-10(14)11(9)16-8-3-1-2-7(13)4-8/h1-6H,14H2,(H,15,16). The van der Waals surface area contributed by atoms with Gasteiger partial charge in [0.15, 0.2) is 0 Å². The molecule has 1 aromatic carbocycles. The molecule has 0 unspecified atom stereocenters. The number of aromatic nitrogens is 1. The Morgan fingerprint density at radius 3 is 2.81 bits per heavy atom. The number of rotatable bonds is 2. The summed E-state index contributed by atoms with van der Waals surface area (Å²) in [4.78, 5) is 3.99. The van der Waals surface area contributed by atoms with E-state index in [-0.39, 0.29) is 0 Å². The zero-order chi connectivity index (χ0) is 11.5. The lowest BCUT2D eigenvalue weighted by atomic mass is 10.3. The zero-order valence-corrected chi connectivity index (χ0v) is 12.0. The van der Waals surface area contributed by atoms with Gasteiger partial charge < -0.3 is 11.1 Å². The summed E-state index contributed by atoms with van der Waals surface area (Å²) in [5.74, 6) is 0. The molecule has 0 radical (unpaired) electrons. The van der Waals surface area contributed by atoms with Crippen LogP contribution in [0.4, 0.5) is 17.1 Å². The van der Waals surface area contributed by atoms with Gasteiger partial charge in [0.25, 0.3) is 0 Å². The quantitative estimate of drug-likeness (QED) is 0.768. The summed E-state index contributed by atoms with van der Waals surface area (Å²) in [5, 5.41) is 3.26. The minimum Gasteiger partial charge on any atom is -0.396 e. The number of nitrogens with zero attached hydrogens (tertiary/aromatic N) is 1. The van der Waals surface area contributed by atoms with Crippen LogP contribution in [0.3, 0.4) is 0 Å². The van der Waals surface area contributed by atoms with E-state index in [1.165, 1.54) is 3.57 Å². The van der Waals surface area contributed by atoms with E-state index in [0.29, 0.717) is 5.69 Å². The van der Waals surface area contributed by atoms with Crippen LogP contribution in [0.15, 0.2) is 41.1 Å². The number of benzene rings is 1. The molecule has 0 saturated carbocycles. The summed E-state index contributed by atoms with van der Waals surface area (Å²) in [7, 11) is 0. The number of hydrogen-bond donors (Lipinski definition) is 2. The summed E-state index contributed by atoms with van der Waals surface area (Å²) in [6.45, 7) is 0. The van der Waals surface area contributed by atoms with Gasteiger partial charge >= 0.3 is 0 Å². The fourth-order valence-electron chi connectivity index (χ4n) is 1.29. The van der Waals surface area contributed by atoms with Gasteiger partial charge in [-0.3, -0.25) is 4.98 Å². The molecule has 1 aromatic heterocycles. The minimum absolute atomic E-state index is 0.619. The normalized spacial score (nSPS) is 10.1. The minimum atomic E-state index is 0.619. The fourth-order valence-corrected chi connectivity index (χ4v) is 2.28. The monoisotopic (exact) mass is 389 g/mol. The van der Waals surface area contributed by atoms with Crippen LogP contribution in [0, 0.1) is 3.57 Å². The maximum absolute atomic E-state index is 5.85. The van der Waals surface area contributed by atoms with Crippen molar-refractivity contribution in [3.8, 4) is 0 Å².